The maximum Gasteiger partial charge on any atom is 0.320 e. The van der Waals surface area contributed by atoms with Crippen molar-refractivity contribution in [2.75, 3.05) is 0 Å². The molecule has 116 valence electrons. The van der Waals surface area contributed by atoms with Crippen LogP contribution in [0.2, 0.25) is 0 Å². The summed E-state index contributed by atoms with van der Waals surface area (Å²) in [6.07, 6.45) is 3.56. The highest BCUT2D eigenvalue weighted by molar-refractivity contribution is 5.73. The maximum absolute atomic E-state index is 12.9. The van der Waals surface area contributed by atoms with Gasteiger partial charge in [-0.15, -0.1) is 0 Å². The Morgan fingerprint density at radius 1 is 1.45 bits per heavy atom. The quantitative estimate of drug-likeness (QED) is 0.889. The molecular formula is C16H17FN2O3. The van der Waals surface area contributed by atoms with Gasteiger partial charge in [-0.25, -0.2) is 9.37 Å². The number of carboxylic acids is 1. The molecule has 0 saturated heterocycles. The molecule has 3 rings (SSSR count). The summed E-state index contributed by atoms with van der Waals surface area (Å²) in [4.78, 5) is 17.5. The standard InChI is InChI=1S/C16H17FN2O3/c1-10(16(20)21)19(14-6-7-14)8-13-9-22-15(18-13)11-2-4-12(17)5-3-11/h2-5,9-10,14H,6-8H2,1H3,(H,20,21). The number of hydrogen-bond donors (Lipinski definition) is 1. The molecule has 0 amide bonds. The summed E-state index contributed by atoms with van der Waals surface area (Å²) >= 11 is 0. The Hall–Kier alpha value is -2.21. The zero-order valence-corrected chi connectivity index (χ0v) is 12.2. The summed E-state index contributed by atoms with van der Waals surface area (Å²) in [5, 5.41) is 9.20. The molecule has 1 N–H and O–H groups in total. The van der Waals surface area contributed by atoms with E-state index in [0.717, 1.165) is 12.8 Å². The summed E-state index contributed by atoms with van der Waals surface area (Å²) in [5.41, 5.74) is 1.37. The molecule has 5 nitrogen and oxygen atoms in total. The lowest BCUT2D eigenvalue weighted by molar-refractivity contribution is -0.143. The molecule has 2 aromatic rings. The molecule has 1 aliphatic rings. The van der Waals surface area contributed by atoms with Crippen molar-refractivity contribution >= 4 is 5.97 Å². The first kappa shape index (κ1) is 14.7. The second-order valence-corrected chi connectivity index (χ2v) is 5.57. The average molecular weight is 304 g/mol. The first-order valence-corrected chi connectivity index (χ1v) is 7.23. The van der Waals surface area contributed by atoms with Gasteiger partial charge in [0.2, 0.25) is 5.89 Å². The van der Waals surface area contributed by atoms with Crippen LogP contribution < -0.4 is 0 Å². The highest BCUT2D eigenvalue weighted by Crippen LogP contribution is 2.30. The van der Waals surface area contributed by atoms with Gasteiger partial charge in [-0.05, 0) is 44.0 Å². The fourth-order valence-electron chi connectivity index (χ4n) is 2.42. The average Bonchev–Trinajstić information content (AvgIpc) is 3.24. The van der Waals surface area contributed by atoms with E-state index in [0.29, 0.717) is 29.7 Å². The van der Waals surface area contributed by atoms with Crippen LogP contribution in [0, 0.1) is 5.82 Å². The molecule has 1 heterocycles. The lowest BCUT2D eigenvalue weighted by Gasteiger charge is -2.24. The van der Waals surface area contributed by atoms with Crippen LogP contribution in [0.25, 0.3) is 11.5 Å². The van der Waals surface area contributed by atoms with Crippen molar-refractivity contribution in [1.29, 1.82) is 0 Å². The number of nitrogens with zero attached hydrogens (tertiary/aromatic N) is 2. The predicted octanol–water partition coefficient (Wildman–Crippen LogP) is 2.92. The van der Waals surface area contributed by atoms with Crippen LogP contribution >= 0.6 is 0 Å². The van der Waals surface area contributed by atoms with Gasteiger partial charge in [-0.2, -0.15) is 0 Å². The third-order valence-corrected chi connectivity index (χ3v) is 3.86. The normalized spacial score (nSPS) is 16.0. The molecule has 0 radical (unpaired) electrons. The third kappa shape index (κ3) is 3.17. The Morgan fingerprint density at radius 2 is 2.14 bits per heavy atom. The van der Waals surface area contributed by atoms with Gasteiger partial charge in [0.15, 0.2) is 0 Å². The van der Waals surface area contributed by atoms with Crippen molar-refractivity contribution in [2.24, 2.45) is 0 Å². The maximum atomic E-state index is 12.9. The summed E-state index contributed by atoms with van der Waals surface area (Å²) in [7, 11) is 0. The lowest BCUT2D eigenvalue weighted by atomic mass is 10.2. The molecule has 1 atom stereocenters. The first-order valence-electron chi connectivity index (χ1n) is 7.23. The molecule has 0 bridgehead atoms. The van der Waals surface area contributed by atoms with E-state index in [1.165, 1.54) is 18.4 Å². The predicted molar refractivity (Wildman–Crippen MR) is 77.6 cm³/mol. The Bertz CT molecular complexity index is 664. The van der Waals surface area contributed by atoms with Gasteiger partial charge in [0.25, 0.3) is 0 Å². The number of carbonyl (C=O) groups is 1. The van der Waals surface area contributed by atoms with Gasteiger partial charge in [0, 0.05) is 18.2 Å². The number of oxazole rings is 1. The van der Waals surface area contributed by atoms with Crippen LogP contribution in [0.1, 0.15) is 25.5 Å². The molecule has 0 aliphatic heterocycles. The van der Waals surface area contributed by atoms with Crippen LogP contribution in [0.4, 0.5) is 4.39 Å². The van der Waals surface area contributed by atoms with Gasteiger partial charge < -0.3 is 9.52 Å². The lowest BCUT2D eigenvalue weighted by Crippen LogP contribution is -2.40. The summed E-state index contributed by atoms with van der Waals surface area (Å²) in [5.74, 6) is -0.742. The Morgan fingerprint density at radius 3 is 2.73 bits per heavy atom. The fraction of sp³-hybridized carbons (Fsp3) is 0.375. The molecule has 1 unspecified atom stereocenters. The van der Waals surface area contributed by atoms with Crippen LogP contribution in [-0.2, 0) is 11.3 Å². The molecule has 1 aromatic carbocycles. The van der Waals surface area contributed by atoms with Crippen LogP contribution in [0.5, 0.6) is 0 Å². The van der Waals surface area contributed by atoms with E-state index in [9.17, 15) is 14.3 Å². The zero-order chi connectivity index (χ0) is 15.7. The highest BCUT2D eigenvalue weighted by Gasteiger charge is 2.35. The van der Waals surface area contributed by atoms with E-state index in [-0.39, 0.29) is 5.82 Å². The van der Waals surface area contributed by atoms with E-state index in [4.69, 9.17) is 4.42 Å². The number of aromatic nitrogens is 1. The second kappa shape index (κ2) is 5.88. The minimum Gasteiger partial charge on any atom is -0.480 e. The summed E-state index contributed by atoms with van der Waals surface area (Å²) in [6, 6.07) is 5.65. The van der Waals surface area contributed by atoms with Crippen molar-refractivity contribution in [3.8, 4) is 11.5 Å². The van der Waals surface area contributed by atoms with Crippen LogP contribution in [0.15, 0.2) is 34.9 Å². The monoisotopic (exact) mass is 304 g/mol. The third-order valence-electron chi connectivity index (χ3n) is 3.86. The Kier molecular flexibility index (Phi) is 3.94. The van der Waals surface area contributed by atoms with Gasteiger partial charge in [0.1, 0.15) is 18.1 Å². The number of carboxylic acid groups (broad SMARTS) is 1. The zero-order valence-electron chi connectivity index (χ0n) is 12.2. The van der Waals surface area contributed by atoms with E-state index in [2.05, 4.69) is 4.98 Å². The SMILES string of the molecule is CC(C(=O)O)N(Cc1coc(-c2ccc(F)cc2)n1)C1CC1. The van der Waals surface area contributed by atoms with Crippen LogP contribution in [-0.4, -0.2) is 33.0 Å². The number of aliphatic carboxylic acids is 1. The van der Waals surface area contributed by atoms with Crippen molar-refractivity contribution in [3.63, 3.8) is 0 Å². The van der Waals surface area contributed by atoms with Gasteiger partial charge in [0.05, 0.1) is 5.69 Å². The minimum atomic E-state index is -0.839. The van der Waals surface area contributed by atoms with Crippen molar-refractivity contribution in [1.82, 2.24) is 9.88 Å². The second-order valence-electron chi connectivity index (χ2n) is 5.57. The van der Waals surface area contributed by atoms with Gasteiger partial charge >= 0.3 is 5.97 Å². The van der Waals surface area contributed by atoms with Crippen LogP contribution in [0.3, 0.4) is 0 Å². The van der Waals surface area contributed by atoms with Gasteiger partial charge in [-0.3, -0.25) is 9.69 Å². The Balaban J connectivity index is 1.75. The molecule has 1 fully saturated rings. The topological polar surface area (TPSA) is 66.6 Å². The molecule has 1 aliphatic carbocycles. The summed E-state index contributed by atoms with van der Waals surface area (Å²) in [6.45, 7) is 2.12. The molecule has 0 spiro atoms. The number of rotatable bonds is 6. The number of benzene rings is 1. The van der Waals surface area contributed by atoms with Crippen molar-refractivity contribution < 1.29 is 18.7 Å². The first-order chi connectivity index (χ1) is 10.5. The molecule has 6 heteroatoms. The van der Waals surface area contributed by atoms with E-state index in [1.807, 2.05) is 4.90 Å². The molecule has 1 saturated carbocycles. The van der Waals surface area contributed by atoms with E-state index < -0.39 is 12.0 Å². The fourth-order valence-corrected chi connectivity index (χ4v) is 2.42. The van der Waals surface area contributed by atoms with E-state index >= 15 is 0 Å². The molecule has 22 heavy (non-hydrogen) atoms. The van der Waals surface area contributed by atoms with Gasteiger partial charge in [-0.1, -0.05) is 0 Å². The van der Waals surface area contributed by atoms with E-state index in [1.54, 1.807) is 19.1 Å². The number of hydrogen-bond acceptors (Lipinski definition) is 4. The summed E-state index contributed by atoms with van der Waals surface area (Å²) < 4.78 is 18.4. The highest BCUT2D eigenvalue weighted by atomic mass is 19.1. The van der Waals surface area contributed by atoms with Crippen molar-refractivity contribution in [2.45, 2.75) is 38.4 Å². The minimum absolute atomic E-state index is 0.303. The largest absolute Gasteiger partial charge is 0.480 e. The Labute approximate surface area is 127 Å². The van der Waals surface area contributed by atoms with Crippen molar-refractivity contribution in [3.05, 3.63) is 42.0 Å². The number of halogens is 1. The smallest absolute Gasteiger partial charge is 0.320 e. The molecular weight excluding hydrogens is 287 g/mol. The molecule has 1 aromatic heterocycles.